The molecule has 0 radical (unpaired) electrons. The summed E-state index contributed by atoms with van der Waals surface area (Å²) in [4.78, 5) is 0. The highest BCUT2D eigenvalue weighted by molar-refractivity contribution is 14.1. The first-order valence-electron chi connectivity index (χ1n) is 5.08. The van der Waals surface area contributed by atoms with Crippen LogP contribution in [0.15, 0.2) is 24.3 Å². The quantitative estimate of drug-likeness (QED) is 0.842. The lowest BCUT2D eigenvalue weighted by molar-refractivity contribution is 0.488. The molecule has 0 spiro atoms. The summed E-state index contributed by atoms with van der Waals surface area (Å²) >= 11 is 2.33. The zero-order valence-corrected chi connectivity index (χ0v) is 11.2. The molecule has 0 aliphatic rings. The maximum absolute atomic E-state index is 3.50. The molecule has 0 amide bonds. The molecule has 0 fully saturated rings. The minimum Gasteiger partial charge on any atom is -0.312 e. The third-order valence-corrected chi connectivity index (χ3v) is 2.79. The Morgan fingerprint density at radius 1 is 1.14 bits per heavy atom. The molecule has 1 aromatic carbocycles. The highest BCUT2D eigenvalue weighted by Gasteiger charge is 2.04. The molecule has 0 saturated carbocycles. The number of benzene rings is 1. The molecule has 0 bridgehead atoms. The van der Waals surface area contributed by atoms with Gasteiger partial charge in [-0.25, -0.2) is 0 Å². The van der Waals surface area contributed by atoms with Gasteiger partial charge in [0.05, 0.1) is 0 Å². The van der Waals surface area contributed by atoms with Gasteiger partial charge in [0.15, 0.2) is 0 Å². The van der Waals surface area contributed by atoms with Crippen LogP contribution in [-0.2, 0) is 6.42 Å². The Bertz CT molecular complexity index is 266. The van der Waals surface area contributed by atoms with Crippen LogP contribution in [-0.4, -0.2) is 12.1 Å². The molecule has 0 saturated heterocycles. The molecule has 14 heavy (non-hydrogen) atoms. The van der Waals surface area contributed by atoms with Crippen molar-refractivity contribution < 1.29 is 0 Å². The SMILES string of the molecule is CC(C)N[C@@H](C)Cc1ccc([123I])cc1. The van der Waals surface area contributed by atoms with Crippen LogP contribution < -0.4 is 5.32 Å². The first-order chi connectivity index (χ1) is 6.58. The highest BCUT2D eigenvalue weighted by Crippen LogP contribution is 2.08. The van der Waals surface area contributed by atoms with Crippen molar-refractivity contribution in [3.05, 3.63) is 33.4 Å². The predicted octanol–water partition coefficient (Wildman–Crippen LogP) is 3.22. The zero-order chi connectivity index (χ0) is 10.6. The third kappa shape index (κ3) is 4.42. The molecule has 1 rings (SSSR count). The standard InChI is InChI=1S/C12H18IN/c1-9(2)14-10(3)8-11-4-6-12(13)7-5-11/h4-7,9-10,14H,8H2,1-3H3/t10-/m0/s1/i13-4. The Hall–Kier alpha value is -0.0900. The number of nitrogens with one attached hydrogen (secondary N) is 1. The van der Waals surface area contributed by atoms with Gasteiger partial charge in [0, 0.05) is 15.7 Å². The minimum atomic E-state index is 0.551. The Kier molecular flexibility index (Phi) is 4.89. The first kappa shape index (κ1) is 12.0. The molecule has 78 valence electrons. The summed E-state index contributed by atoms with van der Waals surface area (Å²) in [6, 6.07) is 9.86. The normalized spacial score (nSPS) is 13.2. The van der Waals surface area contributed by atoms with Crippen molar-refractivity contribution in [2.24, 2.45) is 0 Å². The van der Waals surface area contributed by atoms with Crippen molar-refractivity contribution in [2.45, 2.75) is 39.3 Å². The van der Waals surface area contributed by atoms with Crippen LogP contribution in [0.5, 0.6) is 0 Å². The van der Waals surface area contributed by atoms with Crippen LogP contribution >= 0.6 is 22.6 Å². The van der Waals surface area contributed by atoms with E-state index in [0.717, 1.165) is 6.42 Å². The van der Waals surface area contributed by atoms with Crippen LogP contribution in [0.3, 0.4) is 0 Å². The topological polar surface area (TPSA) is 12.0 Å². The van der Waals surface area contributed by atoms with Gasteiger partial charge in [-0.1, -0.05) is 26.0 Å². The second-order valence-electron chi connectivity index (χ2n) is 4.05. The summed E-state index contributed by atoms with van der Waals surface area (Å²) in [6.07, 6.45) is 1.11. The van der Waals surface area contributed by atoms with Gasteiger partial charge in [-0.3, -0.25) is 0 Å². The smallest absolute Gasteiger partial charge is 0.0130 e. The van der Waals surface area contributed by atoms with E-state index in [2.05, 4.69) is 72.9 Å². The Morgan fingerprint density at radius 2 is 1.71 bits per heavy atom. The van der Waals surface area contributed by atoms with Crippen LogP contribution in [0.25, 0.3) is 0 Å². The molecular weight excluding hydrogens is 281 g/mol. The van der Waals surface area contributed by atoms with Gasteiger partial charge >= 0.3 is 0 Å². The van der Waals surface area contributed by atoms with Crippen LogP contribution in [0, 0.1) is 3.57 Å². The Morgan fingerprint density at radius 3 is 2.21 bits per heavy atom. The van der Waals surface area contributed by atoms with E-state index < -0.39 is 0 Å². The lowest BCUT2D eigenvalue weighted by atomic mass is 10.1. The summed E-state index contributed by atoms with van der Waals surface area (Å²) < 4.78 is 1.30. The summed E-state index contributed by atoms with van der Waals surface area (Å²) in [5.74, 6) is 0. The van der Waals surface area contributed by atoms with Crippen LogP contribution in [0.2, 0.25) is 0 Å². The average molecular weight is 299 g/mol. The lowest BCUT2D eigenvalue weighted by Crippen LogP contribution is -2.33. The molecule has 0 heterocycles. The fourth-order valence-electron chi connectivity index (χ4n) is 1.60. The van der Waals surface area contributed by atoms with Gasteiger partial charge in [-0.05, 0) is 53.6 Å². The van der Waals surface area contributed by atoms with E-state index in [1.54, 1.807) is 0 Å². The van der Waals surface area contributed by atoms with E-state index in [1.165, 1.54) is 9.13 Å². The maximum atomic E-state index is 3.50. The molecule has 1 nitrogen and oxygen atoms in total. The number of halogens is 1. The fourth-order valence-corrected chi connectivity index (χ4v) is 1.96. The van der Waals surface area contributed by atoms with Gasteiger partial charge in [-0.15, -0.1) is 0 Å². The number of hydrogen-bond donors (Lipinski definition) is 1. The van der Waals surface area contributed by atoms with Crippen molar-refractivity contribution in [3.63, 3.8) is 0 Å². The minimum absolute atomic E-state index is 0.551. The van der Waals surface area contributed by atoms with Crippen LogP contribution in [0.4, 0.5) is 0 Å². The van der Waals surface area contributed by atoms with Gasteiger partial charge < -0.3 is 5.32 Å². The molecule has 0 aliphatic heterocycles. The monoisotopic (exact) mass is 299 g/mol. The molecule has 0 aromatic heterocycles. The van der Waals surface area contributed by atoms with E-state index in [0.29, 0.717) is 12.1 Å². The van der Waals surface area contributed by atoms with E-state index >= 15 is 0 Å². The maximum Gasteiger partial charge on any atom is 0.0130 e. The molecule has 0 unspecified atom stereocenters. The second-order valence-corrected chi connectivity index (χ2v) is 5.30. The van der Waals surface area contributed by atoms with E-state index in [4.69, 9.17) is 0 Å². The zero-order valence-electron chi connectivity index (χ0n) is 9.05. The van der Waals surface area contributed by atoms with Gasteiger partial charge in [0.25, 0.3) is 0 Å². The number of rotatable bonds is 4. The summed E-state index contributed by atoms with van der Waals surface area (Å²) in [7, 11) is 0. The molecule has 1 aromatic rings. The Labute approximate surface area is 100 Å². The third-order valence-electron chi connectivity index (χ3n) is 2.07. The van der Waals surface area contributed by atoms with Crippen molar-refractivity contribution in [3.8, 4) is 0 Å². The van der Waals surface area contributed by atoms with Crippen molar-refractivity contribution >= 4 is 22.6 Å². The lowest BCUT2D eigenvalue weighted by Gasteiger charge is -2.16. The van der Waals surface area contributed by atoms with Gasteiger partial charge in [0.2, 0.25) is 0 Å². The average Bonchev–Trinajstić information content (AvgIpc) is 2.07. The fraction of sp³-hybridized carbons (Fsp3) is 0.500. The Balaban J connectivity index is 2.47. The van der Waals surface area contributed by atoms with E-state index in [9.17, 15) is 0 Å². The second kappa shape index (κ2) is 5.71. The van der Waals surface area contributed by atoms with Crippen molar-refractivity contribution in [2.75, 3.05) is 0 Å². The summed E-state index contributed by atoms with van der Waals surface area (Å²) in [5.41, 5.74) is 1.41. The highest BCUT2D eigenvalue weighted by atomic mass is 123. The van der Waals surface area contributed by atoms with Crippen molar-refractivity contribution in [1.82, 2.24) is 5.32 Å². The van der Waals surface area contributed by atoms with Gasteiger partial charge in [0.1, 0.15) is 0 Å². The molecule has 1 N–H and O–H groups in total. The molecular formula is C12H18IN. The first-order valence-corrected chi connectivity index (χ1v) is 6.16. The summed E-state index contributed by atoms with van der Waals surface area (Å²) in [6.45, 7) is 6.60. The predicted molar refractivity (Wildman–Crippen MR) is 70.6 cm³/mol. The molecule has 0 aliphatic carbocycles. The van der Waals surface area contributed by atoms with Crippen LogP contribution in [0.1, 0.15) is 26.3 Å². The van der Waals surface area contributed by atoms with Crippen molar-refractivity contribution in [1.29, 1.82) is 0 Å². The van der Waals surface area contributed by atoms with Gasteiger partial charge in [-0.2, -0.15) is 0 Å². The number of hydrogen-bond acceptors (Lipinski definition) is 1. The largest absolute Gasteiger partial charge is 0.312 e. The molecule has 2 heteroatoms. The van der Waals surface area contributed by atoms with E-state index in [1.807, 2.05) is 0 Å². The summed E-state index contributed by atoms with van der Waals surface area (Å²) in [5, 5.41) is 3.50. The molecule has 1 atom stereocenters. The van der Waals surface area contributed by atoms with E-state index in [-0.39, 0.29) is 0 Å².